The smallest absolute Gasteiger partial charge is 0.444 e. The molecule has 2 rings (SSSR count). The maximum absolute atomic E-state index is 13.2. The molecule has 0 atom stereocenters. The van der Waals surface area contributed by atoms with Gasteiger partial charge in [0.2, 0.25) is 0 Å². The van der Waals surface area contributed by atoms with Gasteiger partial charge in [-0.1, -0.05) is 28.1 Å². The van der Waals surface area contributed by atoms with Crippen molar-refractivity contribution in [2.75, 3.05) is 0 Å². The predicted molar refractivity (Wildman–Crippen MR) is 80.0 cm³/mol. The molecule has 114 valence electrons. The summed E-state index contributed by atoms with van der Waals surface area (Å²) in [6, 6.07) is 5.57. The van der Waals surface area contributed by atoms with Crippen molar-refractivity contribution in [2.45, 2.75) is 26.4 Å². The fraction of sp³-hybridized carbons (Fsp3) is 0.308. The lowest BCUT2D eigenvalue weighted by atomic mass is 9.86. The third kappa shape index (κ3) is 3.43. The van der Waals surface area contributed by atoms with Gasteiger partial charge < -0.3 is 17.7 Å². The molecule has 21 heavy (non-hydrogen) atoms. The Morgan fingerprint density at radius 2 is 1.86 bits per heavy atom. The summed E-state index contributed by atoms with van der Waals surface area (Å²) in [5, 5.41) is 0.332. The van der Waals surface area contributed by atoms with Gasteiger partial charge in [0, 0.05) is 4.47 Å². The average Bonchev–Trinajstić information content (AvgIpc) is 2.64. The second-order valence-corrected chi connectivity index (χ2v) is 6.58. The molecule has 3 nitrogen and oxygen atoms in total. The highest BCUT2D eigenvalue weighted by molar-refractivity contribution is 9.10. The molecular formula is C13H13BBrF3NO2-. The van der Waals surface area contributed by atoms with Crippen LogP contribution in [0.15, 0.2) is 28.7 Å². The van der Waals surface area contributed by atoms with Crippen LogP contribution in [0.4, 0.5) is 17.7 Å². The number of hydrogen-bond acceptors (Lipinski definition) is 2. The molecule has 0 saturated carbocycles. The molecule has 0 aliphatic heterocycles. The second kappa shape index (κ2) is 5.08. The molecule has 0 bridgehead atoms. The van der Waals surface area contributed by atoms with Crippen molar-refractivity contribution in [3.05, 3.63) is 28.7 Å². The Morgan fingerprint density at radius 3 is 2.38 bits per heavy atom. The van der Waals surface area contributed by atoms with Gasteiger partial charge in [-0.05, 0) is 43.9 Å². The Labute approximate surface area is 128 Å². The number of benzene rings is 1. The van der Waals surface area contributed by atoms with Crippen molar-refractivity contribution >= 4 is 45.5 Å². The van der Waals surface area contributed by atoms with E-state index < -0.39 is 24.3 Å². The number of carbonyl (C=O) groups excluding carboxylic acids is 1. The normalized spacial score (nSPS) is 12.7. The number of halogens is 4. The van der Waals surface area contributed by atoms with E-state index in [-0.39, 0.29) is 5.52 Å². The molecule has 8 heteroatoms. The summed E-state index contributed by atoms with van der Waals surface area (Å²) in [4.78, 5) is 12.1. The zero-order valence-electron chi connectivity index (χ0n) is 11.7. The van der Waals surface area contributed by atoms with E-state index in [9.17, 15) is 17.7 Å². The van der Waals surface area contributed by atoms with Gasteiger partial charge >= 0.3 is 13.1 Å². The molecule has 1 aromatic carbocycles. The molecule has 0 amide bonds. The van der Waals surface area contributed by atoms with Crippen LogP contribution in [0.5, 0.6) is 0 Å². The quantitative estimate of drug-likeness (QED) is 0.710. The molecule has 1 aromatic heterocycles. The number of nitrogens with zero attached hydrogens (tertiary/aromatic N) is 1. The molecule has 2 aromatic rings. The van der Waals surface area contributed by atoms with Crippen molar-refractivity contribution in [3.8, 4) is 0 Å². The minimum absolute atomic E-state index is 0.160. The fourth-order valence-corrected chi connectivity index (χ4v) is 2.30. The van der Waals surface area contributed by atoms with E-state index in [1.807, 2.05) is 0 Å². The number of rotatable bonds is 1. The first-order valence-corrected chi connectivity index (χ1v) is 7.02. The van der Waals surface area contributed by atoms with Crippen molar-refractivity contribution < 1.29 is 22.5 Å². The van der Waals surface area contributed by atoms with Gasteiger partial charge in [0.05, 0.1) is 5.52 Å². The lowest BCUT2D eigenvalue weighted by Gasteiger charge is -2.23. The van der Waals surface area contributed by atoms with E-state index >= 15 is 0 Å². The van der Waals surface area contributed by atoms with E-state index in [1.54, 1.807) is 26.8 Å². The molecule has 0 radical (unpaired) electrons. The van der Waals surface area contributed by atoms with E-state index in [2.05, 4.69) is 15.9 Å². The molecule has 1 heterocycles. The van der Waals surface area contributed by atoms with Crippen LogP contribution in [0.2, 0.25) is 0 Å². The predicted octanol–water partition coefficient (Wildman–Crippen LogP) is 4.24. The number of carbonyl (C=O) groups is 1. The summed E-state index contributed by atoms with van der Waals surface area (Å²) >= 11 is 3.20. The SMILES string of the molecule is CC(C)(C)OC(=O)n1c([B-](F)(F)F)cc2ccc(Br)cc21. The standard InChI is InChI=1S/C13H13BBrF3NO2/c1-13(2,3)21-12(20)19-10-7-9(15)5-4-8(10)6-11(19)14(16,17)18/h4-7H,1-3H3/q-1. The van der Waals surface area contributed by atoms with E-state index in [0.717, 1.165) is 6.07 Å². The molecule has 0 unspecified atom stereocenters. The molecule has 0 N–H and O–H groups in total. The summed E-state index contributed by atoms with van der Waals surface area (Å²) < 4.78 is 45.9. The number of aromatic nitrogens is 1. The number of ether oxygens (including phenoxy) is 1. The zero-order valence-corrected chi connectivity index (χ0v) is 13.2. The molecule has 0 aliphatic rings. The molecule has 0 aliphatic carbocycles. The van der Waals surface area contributed by atoms with Crippen molar-refractivity contribution in [2.24, 2.45) is 0 Å². The Kier molecular flexibility index (Phi) is 3.86. The Balaban J connectivity index is 2.68. The summed E-state index contributed by atoms with van der Waals surface area (Å²) in [7, 11) is 0. The van der Waals surface area contributed by atoms with Gasteiger partial charge in [0.1, 0.15) is 5.60 Å². The minimum Gasteiger partial charge on any atom is -0.444 e. The van der Waals surface area contributed by atoms with Crippen LogP contribution < -0.4 is 5.59 Å². The highest BCUT2D eigenvalue weighted by Gasteiger charge is 2.34. The third-order valence-corrected chi connectivity index (χ3v) is 3.20. The third-order valence-electron chi connectivity index (χ3n) is 2.71. The first kappa shape index (κ1) is 15.9. The summed E-state index contributed by atoms with van der Waals surface area (Å²) in [5.41, 5.74) is -1.71. The van der Waals surface area contributed by atoms with Crippen LogP contribution in [0.3, 0.4) is 0 Å². The minimum atomic E-state index is -5.33. The zero-order chi connectivity index (χ0) is 16.0. The van der Waals surface area contributed by atoms with Gasteiger partial charge in [-0.3, -0.25) is 4.57 Å². The maximum Gasteiger partial charge on any atom is 0.526 e. The first-order valence-electron chi connectivity index (χ1n) is 6.23. The van der Waals surface area contributed by atoms with Gasteiger partial charge in [0.15, 0.2) is 0 Å². The van der Waals surface area contributed by atoms with Gasteiger partial charge in [0.25, 0.3) is 0 Å². The number of fused-ring (bicyclic) bond motifs is 1. The fourth-order valence-electron chi connectivity index (χ4n) is 1.95. The first-order chi connectivity index (χ1) is 9.49. The highest BCUT2D eigenvalue weighted by Crippen LogP contribution is 2.24. The van der Waals surface area contributed by atoms with Crippen LogP contribution in [0.1, 0.15) is 20.8 Å². The van der Waals surface area contributed by atoms with E-state index in [1.165, 1.54) is 12.1 Å². The summed E-state index contributed by atoms with van der Waals surface area (Å²) in [6.45, 7) is -0.528. The van der Waals surface area contributed by atoms with Crippen LogP contribution >= 0.6 is 15.9 Å². The van der Waals surface area contributed by atoms with Crippen LogP contribution in [0, 0.1) is 0 Å². The summed E-state index contributed by atoms with van der Waals surface area (Å²) in [5.74, 6) is 0. The Morgan fingerprint density at radius 1 is 1.24 bits per heavy atom. The van der Waals surface area contributed by atoms with Crippen LogP contribution in [-0.2, 0) is 4.74 Å². The Hall–Kier alpha value is -1.44. The lowest BCUT2D eigenvalue weighted by Crippen LogP contribution is -2.43. The van der Waals surface area contributed by atoms with Crippen LogP contribution in [-0.4, -0.2) is 23.2 Å². The molecular weight excluding hydrogens is 350 g/mol. The summed E-state index contributed by atoms with van der Waals surface area (Å²) in [6.07, 6.45) is -1.04. The maximum atomic E-state index is 13.2. The topological polar surface area (TPSA) is 31.2 Å². The monoisotopic (exact) mass is 362 g/mol. The highest BCUT2D eigenvalue weighted by atomic mass is 79.9. The molecule has 0 spiro atoms. The Bertz CT molecular complexity index is 704. The van der Waals surface area contributed by atoms with Crippen molar-refractivity contribution in [3.63, 3.8) is 0 Å². The second-order valence-electron chi connectivity index (χ2n) is 5.66. The number of hydrogen-bond donors (Lipinski definition) is 0. The van der Waals surface area contributed by atoms with Gasteiger partial charge in [-0.25, -0.2) is 4.79 Å². The molecule has 0 saturated heterocycles. The van der Waals surface area contributed by atoms with Gasteiger partial charge in [-0.15, -0.1) is 0 Å². The largest absolute Gasteiger partial charge is 0.526 e. The molecule has 0 fully saturated rings. The van der Waals surface area contributed by atoms with E-state index in [4.69, 9.17) is 4.74 Å². The van der Waals surface area contributed by atoms with Crippen molar-refractivity contribution in [1.29, 1.82) is 0 Å². The lowest BCUT2D eigenvalue weighted by molar-refractivity contribution is 0.0547. The van der Waals surface area contributed by atoms with E-state index in [0.29, 0.717) is 14.4 Å². The average molecular weight is 363 g/mol. The van der Waals surface area contributed by atoms with Gasteiger partial charge in [-0.2, -0.15) is 0 Å². The van der Waals surface area contributed by atoms with Crippen LogP contribution in [0.25, 0.3) is 10.9 Å². The van der Waals surface area contributed by atoms with Crippen molar-refractivity contribution in [1.82, 2.24) is 4.57 Å².